The maximum atomic E-state index is 6.64. The summed E-state index contributed by atoms with van der Waals surface area (Å²) in [6.07, 6.45) is 9.58. The van der Waals surface area contributed by atoms with Crippen molar-refractivity contribution in [1.29, 1.82) is 0 Å². The van der Waals surface area contributed by atoms with Gasteiger partial charge in [0.2, 0.25) is 0 Å². The summed E-state index contributed by atoms with van der Waals surface area (Å²) in [5, 5.41) is 0.209. The maximum Gasteiger partial charge on any atom is 0.250 e. The van der Waals surface area contributed by atoms with E-state index in [-0.39, 0.29) is 5.04 Å². The van der Waals surface area contributed by atoms with Gasteiger partial charge in [-0.3, -0.25) is 0 Å². The van der Waals surface area contributed by atoms with Crippen molar-refractivity contribution in [2.75, 3.05) is 0 Å². The van der Waals surface area contributed by atoms with Crippen LogP contribution in [0.2, 0.25) is 18.1 Å². The lowest BCUT2D eigenvalue weighted by atomic mass is 9.97. The first-order valence-corrected chi connectivity index (χ1v) is 11.7. The van der Waals surface area contributed by atoms with Gasteiger partial charge in [-0.2, -0.15) is 0 Å². The normalized spacial score (nSPS) is 16.5. The van der Waals surface area contributed by atoms with E-state index in [1.807, 2.05) is 0 Å². The van der Waals surface area contributed by atoms with E-state index in [0.29, 0.717) is 0 Å². The Morgan fingerprint density at radius 1 is 1.13 bits per heavy atom. The number of allylic oxidation sites excluding steroid dienone is 2. The highest BCUT2D eigenvalue weighted by Gasteiger charge is 2.39. The van der Waals surface area contributed by atoms with Crippen LogP contribution >= 0.6 is 0 Å². The molecule has 1 aliphatic carbocycles. The van der Waals surface area contributed by atoms with Gasteiger partial charge in [0.05, 0.1) is 11.2 Å². The van der Waals surface area contributed by atoms with Gasteiger partial charge in [-0.1, -0.05) is 32.9 Å². The number of fused-ring (bicyclic) bond motifs is 1. The molecule has 3 rings (SSSR count). The van der Waals surface area contributed by atoms with Crippen molar-refractivity contribution < 1.29 is 4.43 Å². The fourth-order valence-corrected chi connectivity index (χ4v) is 3.97. The van der Waals surface area contributed by atoms with E-state index in [4.69, 9.17) is 4.43 Å². The second-order valence-electron chi connectivity index (χ2n) is 8.19. The number of hydrogen-bond acceptors (Lipinski definition) is 1. The third-order valence-corrected chi connectivity index (χ3v) is 9.77. The maximum absolute atomic E-state index is 6.64. The Bertz CT molecular complexity index is 734. The van der Waals surface area contributed by atoms with E-state index >= 15 is 0 Å². The molecule has 0 unspecified atom stereocenters. The van der Waals surface area contributed by atoms with Gasteiger partial charge in [0.15, 0.2) is 0 Å². The van der Waals surface area contributed by atoms with Gasteiger partial charge >= 0.3 is 0 Å². The van der Waals surface area contributed by atoms with Gasteiger partial charge in [-0.05, 0) is 61.5 Å². The second kappa shape index (κ2) is 5.86. The molecule has 2 aromatic rings. The minimum atomic E-state index is -1.83. The molecule has 0 fully saturated rings. The number of aromatic nitrogens is 1. The van der Waals surface area contributed by atoms with Crippen molar-refractivity contribution in [1.82, 2.24) is 4.40 Å². The predicted octanol–water partition coefficient (Wildman–Crippen LogP) is 6.28. The second-order valence-corrected chi connectivity index (χ2v) is 12.9. The minimum absolute atomic E-state index is 0.209. The van der Waals surface area contributed by atoms with Crippen molar-refractivity contribution in [3.05, 3.63) is 42.2 Å². The molecule has 0 atom stereocenters. The lowest BCUT2D eigenvalue weighted by molar-refractivity contribution is 0.496. The predicted molar refractivity (Wildman–Crippen MR) is 102 cm³/mol. The Hall–Kier alpha value is -1.48. The van der Waals surface area contributed by atoms with E-state index in [2.05, 4.69) is 74.8 Å². The molecule has 23 heavy (non-hydrogen) atoms. The molecule has 0 aromatic carbocycles. The standard InChI is InChI=1S/C20H29NOSi/c1-20(2,3)23(4,5)22-19-15-18(16-11-7-6-8-12-16)21-14-10-9-13-17(19)21/h9-11,13-15H,6-8,12H2,1-5H3. The highest BCUT2D eigenvalue weighted by atomic mass is 28.4. The average Bonchev–Trinajstić information content (AvgIpc) is 2.86. The van der Waals surface area contributed by atoms with E-state index in [0.717, 1.165) is 5.75 Å². The zero-order valence-electron chi connectivity index (χ0n) is 15.1. The summed E-state index contributed by atoms with van der Waals surface area (Å²) in [4.78, 5) is 0. The van der Waals surface area contributed by atoms with Gasteiger partial charge in [-0.25, -0.2) is 0 Å². The fourth-order valence-electron chi connectivity index (χ4n) is 2.95. The van der Waals surface area contributed by atoms with Gasteiger partial charge in [-0.15, -0.1) is 0 Å². The van der Waals surface area contributed by atoms with Gasteiger partial charge in [0.1, 0.15) is 5.75 Å². The molecule has 2 heterocycles. The van der Waals surface area contributed by atoms with Gasteiger partial charge in [0.25, 0.3) is 8.32 Å². The molecule has 3 heteroatoms. The Morgan fingerprint density at radius 2 is 1.91 bits per heavy atom. The topological polar surface area (TPSA) is 13.6 Å². The number of nitrogens with zero attached hydrogens (tertiary/aromatic N) is 1. The Balaban J connectivity index is 2.07. The Labute approximate surface area is 141 Å². The van der Waals surface area contributed by atoms with Crippen molar-refractivity contribution in [3.8, 4) is 5.75 Å². The molecule has 0 saturated heterocycles. The highest BCUT2D eigenvalue weighted by Crippen LogP contribution is 2.40. The molecule has 2 aromatic heterocycles. The smallest absolute Gasteiger partial charge is 0.250 e. The lowest BCUT2D eigenvalue weighted by Gasteiger charge is -2.36. The highest BCUT2D eigenvalue weighted by molar-refractivity contribution is 6.74. The van der Waals surface area contributed by atoms with Crippen LogP contribution < -0.4 is 4.43 Å². The molecule has 1 aliphatic rings. The molecule has 0 bridgehead atoms. The molecule has 0 amide bonds. The molecular formula is C20H29NOSi. The summed E-state index contributed by atoms with van der Waals surface area (Å²) in [6, 6.07) is 8.66. The van der Waals surface area contributed by atoms with E-state index < -0.39 is 8.32 Å². The molecular weight excluding hydrogens is 298 g/mol. The van der Waals surface area contributed by atoms with Gasteiger partial charge < -0.3 is 8.83 Å². The van der Waals surface area contributed by atoms with Gasteiger partial charge in [0, 0.05) is 12.3 Å². The average molecular weight is 328 g/mol. The van der Waals surface area contributed by atoms with E-state index in [1.54, 1.807) is 0 Å². The van der Waals surface area contributed by atoms with Crippen molar-refractivity contribution in [3.63, 3.8) is 0 Å². The zero-order valence-corrected chi connectivity index (χ0v) is 16.1. The zero-order chi connectivity index (χ0) is 16.7. The van der Waals surface area contributed by atoms with Crippen LogP contribution in [0.3, 0.4) is 0 Å². The Morgan fingerprint density at radius 3 is 2.57 bits per heavy atom. The molecule has 0 spiro atoms. The quantitative estimate of drug-likeness (QED) is 0.605. The minimum Gasteiger partial charge on any atom is -0.542 e. The molecule has 0 aliphatic heterocycles. The first kappa shape index (κ1) is 16.4. The molecule has 0 radical (unpaired) electrons. The summed E-state index contributed by atoms with van der Waals surface area (Å²) in [5.41, 5.74) is 3.98. The fraction of sp³-hybridized carbons (Fsp3) is 0.500. The largest absolute Gasteiger partial charge is 0.542 e. The van der Waals surface area contributed by atoms with Crippen LogP contribution in [0.15, 0.2) is 36.5 Å². The van der Waals surface area contributed by atoms with Crippen LogP contribution in [0.25, 0.3) is 11.1 Å². The third kappa shape index (κ3) is 3.12. The van der Waals surface area contributed by atoms with Crippen LogP contribution in [0.1, 0.15) is 52.1 Å². The van der Waals surface area contributed by atoms with Crippen LogP contribution in [-0.4, -0.2) is 12.7 Å². The lowest BCUT2D eigenvalue weighted by Crippen LogP contribution is -2.43. The van der Waals surface area contributed by atoms with E-state index in [9.17, 15) is 0 Å². The van der Waals surface area contributed by atoms with Crippen molar-refractivity contribution in [2.24, 2.45) is 0 Å². The summed E-state index contributed by atoms with van der Waals surface area (Å²) in [7, 11) is -1.83. The Kier molecular flexibility index (Phi) is 4.17. The first-order chi connectivity index (χ1) is 10.8. The molecule has 124 valence electrons. The summed E-state index contributed by atoms with van der Waals surface area (Å²) in [5.74, 6) is 1.05. The van der Waals surface area contributed by atoms with Crippen LogP contribution in [0, 0.1) is 0 Å². The monoisotopic (exact) mass is 327 g/mol. The molecule has 0 N–H and O–H groups in total. The summed E-state index contributed by atoms with van der Waals surface area (Å²) < 4.78 is 8.95. The van der Waals surface area contributed by atoms with Crippen LogP contribution in [0.4, 0.5) is 0 Å². The van der Waals surface area contributed by atoms with Crippen LogP contribution in [-0.2, 0) is 0 Å². The first-order valence-electron chi connectivity index (χ1n) is 8.78. The summed E-state index contributed by atoms with van der Waals surface area (Å²) >= 11 is 0. The SMILES string of the molecule is CC(C)(C)[Si](C)(C)Oc1cc(C2=CCCCC2)n2ccccc12. The number of pyridine rings is 1. The van der Waals surface area contributed by atoms with Crippen molar-refractivity contribution in [2.45, 2.75) is 64.6 Å². The summed E-state index contributed by atoms with van der Waals surface area (Å²) in [6.45, 7) is 11.5. The van der Waals surface area contributed by atoms with E-state index in [1.165, 1.54) is 42.5 Å². The number of rotatable bonds is 3. The number of hydrogen-bond donors (Lipinski definition) is 0. The third-order valence-electron chi connectivity index (χ3n) is 5.43. The van der Waals surface area contributed by atoms with Crippen LogP contribution in [0.5, 0.6) is 5.75 Å². The van der Waals surface area contributed by atoms with Crippen molar-refractivity contribution >= 4 is 19.4 Å². The molecule has 0 saturated carbocycles. The molecule has 2 nitrogen and oxygen atoms in total.